The van der Waals surface area contributed by atoms with Crippen molar-refractivity contribution in [1.82, 2.24) is 5.32 Å². The van der Waals surface area contributed by atoms with Crippen LogP contribution in [0.3, 0.4) is 0 Å². The molecule has 0 spiro atoms. The molecule has 0 saturated heterocycles. The molecule has 0 aromatic carbocycles. The van der Waals surface area contributed by atoms with Crippen LogP contribution in [0.2, 0.25) is 0 Å². The number of ether oxygens (including phenoxy) is 1. The van der Waals surface area contributed by atoms with Gasteiger partial charge in [-0.15, -0.1) is 0 Å². The average molecular weight is 253 g/mol. The highest BCUT2D eigenvalue weighted by atomic mass is 32.1. The van der Waals surface area contributed by atoms with Crippen molar-refractivity contribution in [3.63, 3.8) is 0 Å². The summed E-state index contributed by atoms with van der Waals surface area (Å²) >= 11 is 1.52. The molecule has 1 unspecified atom stereocenters. The molecule has 0 aliphatic rings. The maximum atomic E-state index is 11.9. The van der Waals surface area contributed by atoms with Crippen molar-refractivity contribution in [2.45, 2.75) is 19.1 Å². The van der Waals surface area contributed by atoms with Crippen molar-refractivity contribution in [1.29, 1.82) is 0 Å². The minimum absolute atomic E-state index is 0.0318. The predicted molar refractivity (Wildman–Crippen MR) is 57.6 cm³/mol. The second-order valence-electron chi connectivity index (χ2n) is 3.30. The summed E-state index contributed by atoms with van der Waals surface area (Å²) < 4.78 is 40.3. The molecule has 6 heteroatoms. The second-order valence-corrected chi connectivity index (χ2v) is 4.08. The third-order valence-corrected chi connectivity index (χ3v) is 2.65. The van der Waals surface area contributed by atoms with Crippen LogP contribution < -0.4 is 5.32 Å². The van der Waals surface area contributed by atoms with Gasteiger partial charge in [-0.3, -0.25) is 0 Å². The van der Waals surface area contributed by atoms with E-state index in [2.05, 4.69) is 10.1 Å². The number of halogens is 3. The van der Waals surface area contributed by atoms with E-state index in [0.717, 1.165) is 5.56 Å². The maximum absolute atomic E-state index is 11.9. The Hall–Kier alpha value is -0.590. The van der Waals surface area contributed by atoms with Crippen LogP contribution in [0, 0.1) is 0 Å². The van der Waals surface area contributed by atoms with Gasteiger partial charge in [-0.2, -0.15) is 24.5 Å². The normalized spacial score (nSPS) is 14.0. The Bertz CT molecular complexity index is 287. The Labute approximate surface area is 96.4 Å². The van der Waals surface area contributed by atoms with E-state index in [1.807, 2.05) is 23.8 Å². The summed E-state index contributed by atoms with van der Waals surface area (Å²) in [4.78, 5) is 0. The van der Waals surface area contributed by atoms with Crippen LogP contribution in [0.1, 0.15) is 18.5 Å². The van der Waals surface area contributed by atoms with E-state index in [0.29, 0.717) is 6.54 Å². The number of likely N-dealkylation sites (N-methyl/N-ethyl adjacent to an activating group) is 1. The minimum Gasteiger partial charge on any atom is -0.370 e. The lowest BCUT2D eigenvalue weighted by Gasteiger charge is -2.17. The molecule has 1 heterocycles. The topological polar surface area (TPSA) is 21.3 Å². The van der Waals surface area contributed by atoms with Gasteiger partial charge in [-0.1, -0.05) is 6.92 Å². The summed E-state index contributed by atoms with van der Waals surface area (Å²) in [6.45, 7) is 1.43. The first-order valence-corrected chi connectivity index (χ1v) is 5.87. The Morgan fingerprint density at radius 3 is 2.75 bits per heavy atom. The van der Waals surface area contributed by atoms with Gasteiger partial charge in [0.05, 0.1) is 12.6 Å². The first-order chi connectivity index (χ1) is 7.53. The van der Waals surface area contributed by atoms with Crippen LogP contribution >= 0.6 is 11.3 Å². The van der Waals surface area contributed by atoms with Gasteiger partial charge < -0.3 is 10.1 Å². The summed E-state index contributed by atoms with van der Waals surface area (Å²) in [6, 6.07) is 1.72. The van der Waals surface area contributed by atoms with E-state index in [4.69, 9.17) is 0 Å². The lowest BCUT2D eigenvalue weighted by molar-refractivity contribution is -0.175. The van der Waals surface area contributed by atoms with Gasteiger partial charge in [-0.05, 0) is 28.9 Å². The molecule has 92 valence electrons. The highest BCUT2D eigenvalue weighted by molar-refractivity contribution is 7.07. The number of rotatable bonds is 6. The van der Waals surface area contributed by atoms with Crippen molar-refractivity contribution in [3.05, 3.63) is 22.4 Å². The number of alkyl halides is 3. The smallest absolute Gasteiger partial charge is 0.370 e. The number of thiophene rings is 1. The van der Waals surface area contributed by atoms with E-state index < -0.39 is 12.8 Å². The minimum atomic E-state index is -4.26. The lowest BCUT2D eigenvalue weighted by Crippen LogP contribution is -2.27. The molecule has 1 rings (SSSR count). The van der Waals surface area contributed by atoms with Gasteiger partial charge >= 0.3 is 6.18 Å². The fourth-order valence-corrected chi connectivity index (χ4v) is 2.00. The Kier molecular flexibility index (Phi) is 5.24. The van der Waals surface area contributed by atoms with Crippen LogP contribution in [0.5, 0.6) is 0 Å². The Balaban J connectivity index is 2.41. The second kappa shape index (κ2) is 6.22. The van der Waals surface area contributed by atoms with Gasteiger partial charge in [0.1, 0.15) is 6.61 Å². The molecular weight excluding hydrogens is 239 g/mol. The van der Waals surface area contributed by atoms with Gasteiger partial charge in [0.15, 0.2) is 0 Å². The molecule has 2 nitrogen and oxygen atoms in total. The molecular formula is C10H14F3NOS. The zero-order valence-electron chi connectivity index (χ0n) is 8.88. The average Bonchev–Trinajstić information content (AvgIpc) is 2.67. The van der Waals surface area contributed by atoms with Gasteiger partial charge in [0, 0.05) is 0 Å². The molecule has 1 N–H and O–H groups in total. The van der Waals surface area contributed by atoms with Gasteiger partial charge in [0.2, 0.25) is 0 Å². The van der Waals surface area contributed by atoms with E-state index in [1.54, 1.807) is 0 Å². The monoisotopic (exact) mass is 253 g/mol. The molecule has 0 aliphatic carbocycles. The van der Waals surface area contributed by atoms with Gasteiger partial charge in [0.25, 0.3) is 0 Å². The number of hydrogen-bond donors (Lipinski definition) is 1. The van der Waals surface area contributed by atoms with E-state index in [1.165, 1.54) is 11.3 Å². The molecule has 1 aromatic rings. The van der Waals surface area contributed by atoms with Crippen LogP contribution in [0.4, 0.5) is 13.2 Å². The van der Waals surface area contributed by atoms with E-state index in [9.17, 15) is 13.2 Å². The third-order valence-electron chi connectivity index (χ3n) is 1.95. The molecule has 0 amide bonds. The largest absolute Gasteiger partial charge is 0.411 e. The maximum Gasteiger partial charge on any atom is 0.411 e. The summed E-state index contributed by atoms with van der Waals surface area (Å²) in [5.41, 5.74) is 0.967. The molecule has 0 radical (unpaired) electrons. The third kappa shape index (κ3) is 4.96. The molecule has 0 aliphatic heterocycles. The van der Waals surface area contributed by atoms with Crippen molar-refractivity contribution < 1.29 is 17.9 Å². The molecule has 0 saturated carbocycles. The molecule has 0 bridgehead atoms. The predicted octanol–water partition coefficient (Wildman–Crippen LogP) is 2.98. The van der Waals surface area contributed by atoms with Crippen molar-refractivity contribution in [2.24, 2.45) is 0 Å². The quantitative estimate of drug-likeness (QED) is 0.841. The number of nitrogens with one attached hydrogen (secondary N) is 1. The van der Waals surface area contributed by atoms with Crippen LogP contribution in [-0.2, 0) is 4.74 Å². The van der Waals surface area contributed by atoms with Gasteiger partial charge in [-0.25, -0.2) is 0 Å². The van der Waals surface area contributed by atoms with E-state index >= 15 is 0 Å². The SMILES string of the molecule is CCNC(COCC(F)(F)F)c1ccsc1. The van der Waals surface area contributed by atoms with Crippen LogP contribution in [0.25, 0.3) is 0 Å². The van der Waals surface area contributed by atoms with Crippen LogP contribution in [0.15, 0.2) is 16.8 Å². The molecule has 0 fully saturated rings. The van der Waals surface area contributed by atoms with Crippen molar-refractivity contribution in [2.75, 3.05) is 19.8 Å². The molecule has 1 atom stereocenters. The first kappa shape index (κ1) is 13.5. The fraction of sp³-hybridized carbons (Fsp3) is 0.600. The standard InChI is InChI=1S/C10H14F3NOS/c1-2-14-9(8-3-4-16-6-8)5-15-7-10(11,12)13/h3-4,6,9,14H,2,5,7H2,1H3. The zero-order valence-corrected chi connectivity index (χ0v) is 9.70. The van der Waals surface area contributed by atoms with Crippen molar-refractivity contribution in [3.8, 4) is 0 Å². The summed E-state index contributed by atoms with van der Waals surface area (Å²) in [7, 11) is 0. The highest BCUT2D eigenvalue weighted by Crippen LogP contribution is 2.19. The first-order valence-electron chi connectivity index (χ1n) is 4.93. The fourth-order valence-electron chi connectivity index (χ4n) is 1.29. The van der Waals surface area contributed by atoms with Crippen molar-refractivity contribution >= 4 is 11.3 Å². The van der Waals surface area contributed by atoms with Crippen LogP contribution in [-0.4, -0.2) is 25.9 Å². The highest BCUT2D eigenvalue weighted by Gasteiger charge is 2.28. The summed E-state index contributed by atoms with van der Waals surface area (Å²) in [5.74, 6) is 0. The zero-order chi connectivity index (χ0) is 12.0. The molecule has 16 heavy (non-hydrogen) atoms. The summed E-state index contributed by atoms with van der Waals surface area (Å²) in [6.07, 6.45) is -4.26. The summed E-state index contributed by atoms with van der Waals surface area (Å²) in [5, 5.41) is 6.88. The Morgan fingerprint density at radius 1 is 1.50 bits per heavy atom. The molecule has 1 aromatic heterocycles. The number of hydrogen-bond acceptors (Lipinski definition) is 3. The van der Waals surface area contributed by atoms with E-state index in [-0.39, 0.29) is 12.6 Å². The Morgan fingerprint density at radius 2 is 2.25 bits per heavy atom. The lowest BCUT2D eigenvalue weighted by atomic mass is 10.1.